The van der Waals surface area contributed by atoms with Crippen LogP contribution in [0.4, 0.5) is 4.39 Å². The lowest BCUT2D eigenvalue weighted by molar-refractivity contribution is -0.139. The second kappa shape index (κ2) is 7.49. The van der Waals surface area contributed by atoms with Crippen LogP contribution in [0.5, 0.6) is 0 Å². The predicted molar refractivity (Wildman–Crippen MR) is 86.8 cm³/mol. The second-order valence-electron chi connectivity index (χ2n) is 5.89. The topological polar surface area (TPSA) is 55.3 Å². The molecule has 1 fully saturated rings. The van der Waals surface area contributed by atoms with Crippen LogP contribution in [0, 0.1) is 12.7 Å². The number of aromatic nitrogens is 2. The Kier molecular flexibility index (Phi) is 5.15. The van der Waals surface area contributed by atoms with Crippen LogP contribution in [0.3, 0.4) is 0 Å². The monoisotopic (exact) mass is 329 g/mol. The van der Waals surface area contributed by atoms with Crippen LogP contribution >= 0.6 is 0 Å². The molecule has 1 aliphatic heterocycles. The van der Waals surface area contributed by atoms with Crippen molar-refractivity contribution < 1.29 is 13.9 Å². The van der Waals surface area contributed by atoms with Gasteiger partial charge in [-0.3, -0.25) is 4.79 Å². The highest BCUT2D eigenvalue weighted by Crippen LogP contribution is 2.20. The van der Waals surface area contributed by atoms with Crippen molar-refractivity contribution in [1.82, 2.24) is 14.9 Å². The van der Waals surface area contributed by atoms with Gasteiger partial charge in [-0.25, -0.2) is 14.4 Å². The maximum Gasteiger partial charge on any atom is 0.223 e. The van der Waals surface area contributed by atoms with Gasteiger partial charge in [0.05, 0.1) is 13.2 Å². The highest BCUT2D eigenvalue weighted by molar-refractivity contribution is 5.76. The third-order valence-electron chi connectivity index (χ3n) is 4.04. The molecule has 1 saturated heterocycles. The molecule has 1 aromatic carbocycles. The maximum absolute atomic E-state index is 13.2. The van der Waals surface area contributed by atoms with Crippen LogP contribution in [-0.2, 0) is 16.0 Å². The zero-order chi connectivity index (χ0) is 16.9. The van der Waals surface area contributed by atoms with Crippen molar-refractivity contribution in [2.24, 2.45) is 0 Å². The number of carbonyl (C=O) groups is 1. The van der Waals surface area contributed by atoms with Gasteiger partial charge in [-0.05, 0) is 37.1 Å². The second-order valence-corrected chi connectivity index (χ2v) is 5.89. The van der Waals surface area contributed by atoms with Gasteiger partial charge < -0.3 is 9.64 Å². The van der Waals surface area contributed by atoms with Crippen molar-refractivity contribution in [3.8, 4) is 0 Å². The molecule has 3 rings (SSSR count). The number of hydrogen-bond acceptors (Lipinski definition) is 4. The van der Waals surface area contributed by atoms with Crippen LogP contribution in [0.2, 0.25) is 0 Å². The first kappa shape index (κ1) is 16.5. The Bertz CT molecular complexity index is 723. The molecule has 0 bridgehead atoms. The molecular weight excluding hydrogens is 309 g/mol. The van der Waals surface area contributed by atoms with E-state index in [0.717, 1.165) is 11.3 Å². The third-order valence-corrected chi connectivity index (χ3v) is 4.04. The number of hydrogen-bond donors (Lipinski definition) is 0. The fourth-order valence-electron chi connectivity index (χ4n) is 2.76. The average Bonchev–Trinajstić information content (AvgIpc) is 2.60. The molecule has 1 aliphatic rings. The largest absolute Gasteiger partial charge is 0.367 e. The first-order valence-electron chi connectivity index (χ1n) is 8.05. The van der Waals surface area contributed by atoms with Crippen LogP contribution in [0.15, 0.2) is 36.5 Å². The van der Waals surface area contributed by atoms with E-state index in [4.69, 9.17) is 4.74 Å². The van der Waals surface area contributed by atoms with Gasteiger partial charge >= 0.3 is 0 Å². The summed E-state index contributed by atoms with van der Waals surface area (Å²) in [5, 5.41) is 0. The molecule has 1 amide bonds. The standard InChI is InChI=1S/C18H20FN3O2/c1-13-7-8-20-18(21-13)16-12-22(9-10-24-16)17(23)6-5-14-3-2-4-15(19)11-14/h2-4,7-8,11,16H,5-6,9-10,12H2,1H3/t16-/m0/s1. The molecule has 6 heteroatoms. The number of ether oxygens (including phenoxy) is 1. The normalized spacial score (nSPS) is 17.8. The van der Waals surface area contributed by atoms with Gasteiger partial charge in [0.2, 0.25) is 5.91 Å². The molecule has 0 unspecified atom stereocenters. The number of benzene rings is 1. The third kappa shape index (κ3) is 4.14. The maximum atomic E-state index is 13.2. The minimum absolute atomic E-state index is 0.0419. The summed E-state index contributed by atoms with van der Waals surface area (Å²) in [4.78, 5) is 22.8. The van der Waals surface area contributed by atoms with Crippen LogP contribution in [0.25, 0.3) is 0 Å². The summed E-state index contributed by atoms with van der Waals surface area (Å²) in [6, 6.07) is 8.19. The first-order chi connectivity index (χ1) is 11.6. The van der Waals surface area contributed by atoms with E-state index in [0.29, 0.717) is 38.4 Å². The molecule has 126 valence electrons. The molecule has 0 N–H and O–H groups in total. The molecule has 0 aliphatic carbocycles. The quantitative estimate of drug-likeness (QED) is 0.865. The predicted octanol–water partition coefficient (Wildman–Crippen LogP) is 2.46. The zero-order valence-electron chi connectivity index (χ0n) is 13.6. The summed E-state index contributed by atoms with van der Waals surface area (Å²) in [5.74, 6) is 0.376. The average molecular weight is 329 g/mol. The Morgan fingerprint density at radius 1 is 1.42 bits per heavy atom. The Hall–Kier alpha value is -2.34. The molecule has 0 spiro atoms. The van der Waals surface area contributed by atoms with E-state index in [1.54, 1.807) is 17.2 Å². The minimum atomic E-state index is -0.295. The number of carbonyl (C=O) groups excluding carboxylic acids is 1. The number of halogens is 1. The van der Waals surface area contributed by atoms with Crippen molar-refractivity contribution in [3.63, 3.8) is 0 Å². The molecule has 1 atom stereocenters. The van der Waals surface area contributed by atoms with Gasteiger partial charge in [0.1, 0.15) is 11.9 Å². The molecule has 0 saturated carbocycles. The van der Waals surface area contributed by atoms with E-state index >= 15 is 0 Å². The van der Waals surface area contributed by atoms with E-state index in [1.807, 2.05) is 19.1 Å². The van der Waals surface area contributed by atoms with Gasteiger partial charge in [-0.2, -0.15) is 0 Å². The van der Waals surface area contributed by atoms with Crippen LogP contribution < -0.4 is 0 Å². The van der Waals surface area contributed by atoms with Crippen LogP contribution in [-0.4, -0.2) is 40.5 Å². The van der Waals surface area contributed by atoms with Crippen LogP contribution in [0.1, 0.15) is 29.6 Å². The first-order valence-corrected chi connectivity index (χ1v) is 8.05. The fourth-order valence-corrected chi connectivity index (χ4v) is 2.76. The lowest BCUT2D eigenvalue weighted by Crippen LogP contribution is -2.42. The zero-order valence-corrected chi connectivity index (χ0v) is 13.6. The summed E-state index contributed by atoms with van der Waals surface area (Å²) in [6.07, 6.45) is 2.28. The van der Waals surface area contributed by atoms with E-state index in [1.165, 1.54) is 12.1 Å². The summed E-state index contributed by atoms with van der Waals surface area (Å²) >= 11 is 0. The van der Waals surface area contributed by atoms with Gasteiger partial charge in [-0.15, -0.1) is 0 Å². The molecule has 0 radical (unpaired) electrons. The molecule has 2 heterocycles. The summed E-state index contributed by atoms with van der Waals surface area (Å²) < 4.78 is 18.9. The molecule has 24 heavy (non-hydrogen) atoms. The van der Waals surface area contributed by atoms with Crippen molar-refractivity contribution >= 4 is 5.91 Å². The summed E-state index contributed by atoms with van der Waals surface area (Å²) in [7, 11) is 0. The number of morpholine rings is 1. The Labute approximate surface area is 140 Å². The van der Waals surface area contributed by atoms with E-state index in [-0.39, 0.29) is 17.8 Å². The van der Waals surface area contributed by atoms with Gasteiger partial charge in [0.25, 0.3) is 0 Å². The molecule has 5 nitrogen and oxygen atoms in total. The molecule has 1 aromatic heterocycles. The highest BCUT2D eigenvalue weighted by atomic mass is 19.1. The van der Waals surface area contributed by atoms with Crippen molar-refractivity contribution in [3.05, 3.63) is 59.4 Å². The number of nitrogens with zero attached hydrogens (tertiary/aromatic N) is 3. The minimum Gasteiger partial charge on any atom is -0.367 e. The van der Waals surface area contributed by atoms with Gasteiger partial charge in [0, 0.05) is 24.9 Å². The van der Waals surface area contributed by atoms with Gasteiger partial charge in [0.15, 0.2) is 5.82 Å². The van der Waals surface area contributed by atoms with E-state index in [9.17, 15) is 9.18 Å². The fraction of sp³-hybridized carbons (Fsp3) is 0.389. The van der Waals surface area contributed by atoms with E-state index < -0.39 is 0 Å². The Balaban J connectivity index is 1.59. The number of rotatable bonds is 4. The van der Waals surface area contributed by atoms with Crippen molar-refractivity contribution in [2.75, 3.05) is 19.7 Å². The molecular formula is C18H20FN3O2. The number of amides is 1. The van der Waals surface area contributed by atoms with E-state index in [2.05, 4.69) is 9.97 Å². The van der Waals surface area contributed by atoms with Crippen molar-refractivity contribution in [2.45, 2.75) is 25.9 Å². The van der Waals surface area contributed by atoms with Crippen molar-refractivity contribution in [1.29, 1.82) is 0 Å². The Morgan fingerprint density at radius 3 is 3.08 bits per heavy atom. The van der Waals surface area contributed by atoms with Gasteiger partial charge in [-0.1, -0.05) is 12.1 Å². The SMILES string of the molecule is Cc1ccnc([C@@H]2CN(C(=O)CCc3cccc(F)c3)CCO2)n1. The summed E-state index contributed by atoms with van der Waals surface area (Å²) in [5.41, 5.74) is 1.70. The lowest BCUT2D eigenvalue weighted by Gasteiger charge is -2.32. The molecule has 2 aromatic rings. The Morgan fingerprint density at radius 2 is 2.29 bits per heavy atom. The highest BCUT2D eigenvalue weighted by Gasteiger charge is 2.26. The summed E-state index contributed by atoms with van der Waals surface area (Å²) in [6.45, 7) is 3.37. The smallest absolute Gasteiger partial charge is 0.223 e. The number of aryl methyl sites for hydroxylation is 2. The lowest BCUT2D eigenvalue weighted by atomic mass is 10.1.